The van der Waals surface area contributed by atoms with Crippen LogP contribution in [-0.2, 0) is 4.74 Å². The Morgan fingerprint density at radius 1 is 1.31 bits per heavy atom. The van der Waals surface area contributed by atoms with Gasteiger partial charge in [0.25, 0.3) is 0 Å². The molecule has 0 aromatic carbocycles. The summed E-state index contributed by atoms with van der Waals surface area (Å²) in [7, 11) is 0. The minimum absolute atomic E-state index is 0.533. The van der Waals surface area contributed by atoms with Crippen molar-refractivity contribution in [2.24, 2.45) is 5.92 Å². The topological polar surface area (TPSA) is 22.1 Å². The lowest BCUT2D eigenvalue weighted by atomic mass is 9.86. The molecule has 0 amide bonds. The summed E-state index contributed by atoms with van der Waals surface area (Å²) in [4.78, 5) is 4.60. The highest BCUT2D eigenvalue weighted by Crippen LogP contribution is 2.34. The molecule has 1 saturated heterocycles. The van der Waals surface area contributed by atoms with Gasteiger partial charge < -0.3 is 4.74 Å². The minimum Gasteiger partial charge on any atom is -0.381 e. The molecule has 88 valence electrons. The molecule has 3 heteroatoms. The van der Waals surface area contributed by atoms with E-state index in [2.05, 4.69) is 40.0 Å². The Morgan fingerprint density at radius 2 is 1.94 bits per heavy atom. The molecule has 1 fully saturated rings. The van der Waals surface area contributed by atoms with Gasteiger partial charge in [-0.2, -0.15) is 0 Å². The molecule has 1 aromatic heterocycles. The van der Waals surface area contributed by atoms with Crippen LogP contribution in [0.2, 0.25) is 0 Å². The largest absolute Gasteiger partial charge is 0.381 e. The van der Waals surface area contributed by atoms with Crippen LogP contribution in [0.5, 0.6) is 0 Å². The number of ether oxygens (including phenoxy) is 1. The molecule has 1 aliphatic rings. The summed E-state index contributed by atoms with van der Waals surface area (Å²) in [5, 5.41) is 0. The predicted molar refractivity (Wildman–Crippen MR) is 68.9 cm³/mol. The number of halogens is 1. The first kappa shape index (κ1) is 12.1. The van der Waals surface area contributed by atoms with E-state index in [1.54, 1.807) is 0 Å². The van der Waals surface area contributed by atoms with E-state index in [0.717, 1.165) is 19.1 Å². The maximum absolute atomic E-state index is 5.40. The summed E-state index contributed by atoms with van der Waals surface area (Å²) < 4.78 is 5.40. The van der Waals surface area contributed by atoms with Gasteiger partial charge in [0.05, 0.1) is 0 Å². The van der Waals surface area contributed by atoms with Crippen LogP contribution >= 0.6 is 15.9 Å². The van der Waals surface area contributed by atoms with Gasteiger partial charge in [-0.3, -0.25) is 4.98 Å². The van der Waals surface area contributed by atoms with Gasteiger partial charge in [0.1, 0.15) is 0 Å². The van der Waals surface area contributed by atoms with Crippen molar-refractivity contribution >= 4 is 15.9 Å². The highest BCUT2D eigenvalue weighted by atomic mass is 79.9. The summed E-state index contributed by atoms with van der Waals surface area (Å²) >= 11 is 3.87. The van der Waals surface area contributed by atoms with Gasteiger partial charge in [-0.05, 0) is 42.4 Å². The predicted octanol–water partition coefficient (Wildman–Crippen LogP) is 3.38. The fourth-order valence-corrected chi connectivity index (χ4v) is 3.13. The monoisotopic (exact) mass is 283 g/mol. The molecule has 0 radical (unpaired) electrons. The van der Waals surface area contributed by atoms with Gasteiger partial charge in [0.15, 0.2) is 0 Å². The van der Waals surface area contributed by atoms with Crippen molar-refractivity contribution in [1.29, 1.82) is 0 Å². The summed E-state index contributed by atoms with van der Waals surface area (Å²) in [5.41, 5.74) is 1.36. The van der Waals surface area contributed by atoms with Gasteiger partial charge >= 0.3 is 0 Å². The molecule has 2 heterocycles. The Labute approximate surface area is 106 Å². The molecule has 2 unspecified atom stereocenters. The third-order valence-electron chi connectivity index (χ3n) is 3.43. The van der Waals surface area contributed by atoms with Crippen LogP contribution in [0.3, 0.4) is 0 Å². The Bertz CT molecular complexity index is 311. The fourth-order valence-electron chi connectivity index (χ4n) is 2.29. The summed E-state index contributed by atoms with van der Waals surface area (Å²) in [6.45, 7) is 4.11. The summed E-state index contributed by atoms with van der Waals surface area (Å²) in [6, 6.07) is 4.22. The van der Waals surface area contributed by atoms with Crippen LogP contribution in [0.1, 0.15) is 31.2 Å². The van der Waals surface area contributed by atoms with Crippen LogP contribution < -0.4 is 0 Å². The maximum Gasteiger partial charge on any atom is 0.0469 e. The van der Waals surface area contributed by atoms with Gasteiger partial charge in [-0.25, -0.2) is 0 Å². The van der Waals surface area contributed by atoms with Crippen molar-refractivity contribution in [1.82, 2.24) is 4.98 Å². The number of alkyl halides is 1. The van der Waals surface area contributed by atoms with Crippen LogP contribution in [0.15, 0.2) is 24.5 Å². The Balaban J connectivity index is 2.00. The molecule has 0 bridgehead atoms. The van der Waals surface area contributed by atoms with E-state index in [0.29, 0.717) is 10.7 Å². The lowest BCUT2D eigenvalue weighted by molar-refractivity contribution is 0.0646. The van der Waals surface area contributed by atoms with Crippen LogP contribution in [0, 0.1) is 5.92 Å². The molecule has 2 rings (SSSR count). The molecule has 0 N–H and O–H groups in total. The van der Waals surface area contributed by atoms with Crippen molar-refractivity contribution in [2.45, 2.75) is 30.5 Å². The van der Waals surface area contributed by atoms with Crippen LogP contribution in [-0.4, -0.2) is 23.0 Å². The quantitative estimate of drug-likeness (QED) is 0.794. The third kappa shape index (κ3) is 2.83. The van der Waals surface area contributed by atoms with Gasteiger partial charge in [0.2, 0.25) is 0 Å². The van der Waals surface area contributed by atoms with Crippen LogP contribution in [0.25, 0.3) is 0 Å². The molecule has 2 atom stereocenters. The second kappa shape index (κ2) is 5.78. The molecule has 0 spiro atoms. The number of pyridine rings is 1. The lowest BCUT2D eigenvalue weighted by Crippen LogP contribution is -2.27. The molecule has 1 aliphatic heterocycles. The first-order valence-corrected chi connectivity index (χ1v) is 6.82. The van der Waals surface area contributed by atoms with E-state index in [1.807, 2.05) is 12.4 Å². The van der Waals surface area contributed by atoms with Crippen molar-refractivity contribution < 1.29 is 4.74 Å². The van der Waals surface area contributed by atoms with Crippen LogP contribution in [0.4, 0.5) is 0 Å². The summed E-state index contributed by atoms with van der Waals surface area (Å²) in [5.74, 6) is 1.27. The van der Waals surface area contributed by atoms with Crippen molar-refractivity contribution in [3.63, 3.8) is 0 Å². The van der Waals surface area contributed by atoms with E-state index in [-0.39, 0.29) is 0 Å². The third-order valence-corrected chi connectivity index (χ3v) is 4.97. The van der Waals surface area contributed by atoms with Gasteiger partial charge in [0, 0.05) is 30.4 Å². The molecule has 16 heavy (non-hydrogen) atoms. The van der Waals surface area contributed by atoms with E-state index in [1.165, 1.54) is 18.4 Å². The first-order chi connectivity index (χ1) is 7.79. The van der Waals surface area contributed by atoms with E-state index in [9.17, 15) is 0 Å². The number of nitrogens with zero attached hydrogens (tertiary/aromatic N) is 1. The van der Waals surface area contributed by atoms with E-state index in [4.69, 9.17) is 4.74 Å². The highest BCUT2D eigenvalue weighted by molar-refractivity contribution is 9.09. The smallest absolute Gasteiger partial charge is 0.0469 e. The second-order valence-electron chi connectivity index (χ2n) is 4.46. The zero-order valence-electron chi connectivity index (χ0n) is 9.60. The molecular weight excluding hydrogens is 266 g/mol. The molecule has 0 saturated carbocycles. The standard InChI is InChI=1S/C13H18BrNO/c1-10(11-2-6-15-7-3-11)13(14)12-4-8-16-9-5-12/h2-3,6-7,10,12-13H,4-5,8-9H2,1H3. The number of rotatable bonds is 3. The van der Waals surface area contributed by atoms with Crippen molar-refractivity contribution in [3.8, 4) is 0 Å². The van der Waals surface area contributed by atoms with Gasteiger partial charge in [-0.15, -0.1) is 0 Å². The molecule has 0 aliphatic carbocycles. The first-order valence-electron chi connectivity index (χ1n) is 5.91. The molecule has 2 nitrogen and oxygen atoms in total. The average molecular weight is 284 g/mol. The summed E-state index contributed by atoms with van der Waals surface area (Å²) in [6.07, 6.45) is 6.09. The zero-order chi connectivity index (χ0) is 11.4. The Morgan fingerprint density at radius 3 is 2.56 bits per heavy atom. The minimum atomic E-state index is 0.533. The number of hydrogen-bond donors (Lipinski definition) is 0. The maximum atomic E-state index is 5.40. The fraction of sp³-hybridized carbons (Fsp3) is 0.615. The SMILES string of the molecule is CC(c1ccncc1)C(Br)C1CCOCC1. The number of aromatic nitrogens is 1. The van der Waals surface area contributed by atoms with Crippen molar-refractivity contribution in [2.75, 3.05) is 13.2 Å². The average Bonchev–Trinajstić information content (AvgIpc) is 2.39. The van der Waals surface area contributed by atoms with Crippen molar-refractivity contribution in [3.05, 3.63) is 30.1 Å². The normalized spacial score (nSPS) is 21.6. The zero-order valence-corrected chi connectivity index (χ0v) is 11.2. The van der Waals surface area contributed by atoms with E-state index >= 15 is 0 Å². The Kier molecular flexibility index (Phi) is 4.36. The second-order valence-corrected chi connectivity index (χ2v) is 5.52. The number of hydrogen-bond acceptors (Lipinski definition) is 2. The highest BCUT2D eigenvalue weighted by Gasteiger charge is 2.26. The lowest BCUT2D eigenvalue weighted by Gasteiger charge is -2.30. The van der Waals surface area contributed by atoms with E-state index < -0.39 is 0 Å². The molecular formula is C13H18BrNO. The Hall–Kier alpha value is -0.410. The molecule has 1 aromatic rings. The van der Waals surface area contributed by atoms with Gasteiger partial charge in [-0.1, -0.05) is 22.9 Å².